The standard InChI is InChI=1S/C14H28N2O4/c1-14(2,3)20-13(18)12-16-6-4-15(5-7-16)8-10-19-11-9-17/h17H,4-12H2,1-3H3. The smallest absolute Gasteiger partial charge is 0.320 e. The van der Waals surface area contributed by atoms with Crippen LogP contribution in [0.25, 0.3) is 0 Å². The van der Waals surface area contributed by atoms with E-state index in [4.69, 9.17) is 14.6 Å². The molecule has 1 rings (SSSR count). The van der Waals surface area contributed by atoms with Crippen molar-refractivity contribution < 1.29 is 19.4 Å². The van der Waals surface area contributed by atoms with Gasteiger partial charge in [-0.1, -0.05) is 0 Å². The first-order valence-electron chi connectivity index (χ1n) is 7.26. The van der Waals surface area contributed by atoms with Gasteiger partial charge in [-0.15, -0.1) is 0 Å². The SMILES string of the molecule is CC(C)(C)OC(=O)CN1CCN(CCOCCO)CC1. The number of nitrogens with zero attached hydrogens (tertiary/aromatic N) is 2. The van der Waals surface area contributed by atoms with Gasteiger partial charge in [-0.25, -0.2) is 0 Å². The lowest BCUT2D eigenvalue weighted by atomic mass is 10.2. The van der Waals surface area contributed by atoms with Crippen LogP contribution in [0.5, 0.6) is 0 Å². The number of rotatable bonds is 7. The molecule has 0 radical (unpaired) electrons. The molecule has 118 valence electrons. The number of aliphatic hydroxyl groups excluding tert-OH is 1. The lowest BCUT2D eigenvalue weighted by Crippen LogP contribution is -2.49. The number of ether oxygens (including phenoxy) is 2. The molecule has 0 aromatic heterocycles. The van der Waals surface area contributed by atoms with E-state index >= 15 is 0 Å². The van der Waals surface area contributed by atoms with Gasteiger partial charge in [-0.05, 0) is 20.8 Å². The number of aliphatic hydroxyl groups is 1. The Kier molecular flexibility index (Phi) is 7.43. The highest BCUT2D eigenvalue weighted by Crippen LogP contribution is 2.08. The maximum Gasteiger partial charge on any atom is 0.320 e. The van der Waals surface area contributed by atoms with Gasteiger partial charge in [0.15, 0.2) is 0 Å². The average Bonchev–Trinajstić information content (AvgIpc) is 2.34. The third-order valence-corrected chi connectivity index (χ3v) is 3.03. The van der Waals surface area contributed by atoms with E-state index in [1.165, 1.54) is 0 Å². The predicted octanol–water partition coefficient (Wildman–Crippen LogP) is -0.0454. The van der Waals surface area contributed by atoms with Gasteiger partial charge in [0.25, 0.3) is 0 Å². The van der Waals surface area contributed by atoms with Crippen molar-refractivity contribution in [3.63, 3.8) is 0 Å². The van der Waals surface area contributed by atoms with E-state index < -0.39 is 5.60 Å². The molecule has 6 nitrogen and oxygen atoms in total. The Hall–Kier alpha value is -0.690. The Bertz CT molecular complexity index is 283. The van der Waals surface area contributed by atoms with Crippen LogP contribution in [0.4, 0.5) is 0 Å². The molecule has 20 heavy (non-hydrogen) atoms. The van der Waals surface area contributed by atoms with E-state index in [2.05, 4.69) is 9.80 Å². The Balaban J connectivity index is 2.14. The lowest BCUT2D eigenvalue weighted by molar-refractivity contribution is -0.156. The maximum atomic E-state index is 11.7. The summed E-state index contributed by atoms with van der Waals surface area (Å²) in [5, 5.41) is 8.61. The van der Waals surface area contributed by atoms with Crippen LogP contribution in [0, 0.1) is 0 Å². The van der Waals surface area contributed by atoms with Gasteiger partial charge in [-0.3, -0.25) is 14.6 Å². The summed E-state index contributed by atoms with van der Waals surface area (Å²) in [7, 11) is 0. The quantitative estimate of drug-likeness (QED) is 0.524. The summed E-state index contributed by atoms with van der Waals surface area (Å²) in [4.78, 5) is 16.2. The van der Waals surface area contributed by atoms with Crippen LogP contribution in [0.2, 0.25) is 0 Å². The van der Waals surface area contributed by atoms with Crippen molar-refractivity contribution in [2.75, 3.05) is 59.1 Å². The molecular weight excluding hydrogens is 260 g/mol. The minimum absolute atomic E-state index is 0.0731. The first-order chi connectivity index (χ1) is 9.40. The van der Waals surface area contributed by atoms with Crippen molar-refractivity contribution in [3.8, 4) is 0 Å². The first-order valence-corrected chi connectivity index (χ1v) is 7.26. The van der Waals surface area contributed by atoms with Gasteiger partial charge >= 0.3 is 5.97 Å². The number of hydrogen-bond donors (Lipinski definition) is 1. The minimum Gasteiger partial charge on any atom is -0.459 e. The number of carbonyl (C=O) groups is 1. The second kappa shape index (κ2) is 8.56. The van der Waals surface area contributed by atoms with Crippen molar-refractivity contribution in [1.82, 2.24) is 9.80 Å². The zero-order chi connectivity index (χ0) is 15.0. The van der Waals surface area contributed by atoms with E-state index in [1.807, 2.05) is 20.8 Å². The third kappa shape index (κ3) is 7.79. The predicted molar refractivity (Wildman–Crippen MR) is 76.6 cm³/mol. The van der Waals surface area contributed by atoms with Gasteiger partial charge in [0, 0.05) is 32.7 Å². The van der Waals surface area contributed by atoms with Crippen LogP contribution >= 0.6 is 0 Å². The van der Waals surface area contributed by atoms with Crippen LogP contribution < -0.4 is 0 Å². The van der Waals surface area contributed by atoms with Crippen molar-refractivity contribution >= 4 is 5.97 Å². The molecule has 0 saturated carbocycles. The number of hydrogen-bond acceptors (Lipinski definition) is 6. The molecule has 0 spiro atoms. The second-order valence-electron chi connectivity index (χ2n) is 6.04. The summed E-state index contributed by atoms with van der Waals surface area (Å²) in [6, 6.07) is 0. The van der Waals surface area contributed by atoms with Crippen LogP contribution in [0.1, 0.15) is 20.8 Å². The number of esters is 1. The van der Waals surface area contributed by atoms with Gasteiger partial charge in [0.1, 0.15) is 5.60 Å². The maximum absolute atomic E-state index is 11.7. The number of carbonyl (C=O) groups excluding carboxylic acids is 1. The van der Waals surface area contributed by atoms with Gasteiger partial charge in [-0.2, -0.15) is 0 Å². The van der Waals surface area contributed by atoms with Gasteiger partial charge in [0.2, 0.25) is 0 Å². The molecule has 0 aliphatic carbocycles. The zero-order valence-electron chi connectivity index (χ0n) is 12.9. The lowest BCUT2D eigenvalue weighted by Gasteiger charge is -2.34. The van der Waals surface area contributed by atoms with E-state index in [-0.39, 0.29) is 12.6 Å². The molecule has 1 saturated heterocycles. The Labute approximate surface area is 121 Å². The van der Waals surface area contributed by atoms with E-state index in [0.29, 0.717) is 19.8 Å². The number of piperazine rings is 1. The molecule has 1 N–H and O–H groups in total. The molecule has 0 bridgehead atoms. The Morgan fingerprint density at radius 2 is 1.70 bits per heavy atom. The van der Waals surface area contributed by atoms with Crippen molar-refractivity contribution in [2.45, 2.75) is 26.4 Å². The average molecular weight is 288 g/mol. The van der Waals surface area contributed by atoms with Crippen LogP contribution in [0.3, 0.4) is 0 Å². The molecule has 1 heterocycles. The summed E-state index contributed by atoms with van der Waals surface area (Å²) in [6.45, 7) is 11.6. The van der Waals surface area contributed by atoms with E-state index in [0.717, 1.165) is 32.7 Å². The summed E-state index contributed by atoms with van der Waals surface area (Å²) in [5.41, 5.74) is -0.414. The van der Waals surface area contributed by atoms with Crippen molar-refractivity contribution in [1.29, 1.82) is 0 Å². The molecule has 0 aromatic rings. The fraction of sp³-hybridized carbons (Fsp3) is 0.929. The summed E-state index contributed by atoms with van der Waals surface area (Å²) in [6.07, 6.45) is 0. The fourth-order valence-corrected chi connectivity index (χ4v) is 2.09. The summed E-state index contributed by atoms with van der Waals surface area (Å²) in [5.74, 6) is -0.155. The molecule has 6 heteroatoms. The molecule has 1 aliphatic rings. The molecule has 0 aromatic carbocycles. The molecule has 0 atom stereocenters. The third-order valence-electron chi connectivity index (χ3n) is 3.03. The van der Waals surface area contributed by atoms with Crippen molar-refractivity contribution in [2.24, 2.45) is 0 Å². The zero-order valence-corrected chi connectivity index (χ0v) is 12.9. The highest BCUT2D eigenvalue weighted by molar-refractivity contribution is 5.72. The van der Waals surface area contributed by atoms with Crippen molar-refractivity contribution in [3.05, 3.63) is 0 Å². The monoisotopic (exact) mass is 288 g/mol. The fourth-order valence-electron chi connectivity index (χ4n) is 2.09. The molecule has 1 fully saturated rings. The van der Waals surface area contributed by atoms with Crippen LogP contribution in [-0.2, 0) is 14.3 Å². The largest absolute Gasteiger partial charge is 0.459 e. The molecule has 0 amide bonds. The summed E-state index contributed by atoms with van der Waals surface area (Å²) >= 11 is 0. The molecular formula is C14H28N2O4. The highest BCUT2D eigenvalue weighted by Gasteiger charge is 2.22. The minimum atomic E-state index is -0.414. The molecule has 1 aliphatic heterocycles. The van der Waals surface area contributed by atoms with Gasteiger partial charge < -0.3 is 14.6 Å². The topological polar surface area (TPSA) is 62.2 Å². The normalized spacial score (nSPS) is 18.2. The first kappa shape index (κ1) is 17.4. The van der Waals surface area contributed by atoms with Crippen LogP contribution in [0.15, 0.2) is 0 Å². The highest BCUT2D eigenvalue weighted by atomic mass is 16.6. The second-order valence-corrected chi connectivity index (χ2v) is 6.04. The van der Waals surface area contributed by atoms with Crippen LogP contribution in [-0.4, -0.2) is 85.6 Å². The summed E-state index contributed by atoms with van der Waals surface area (Å²) < 4.78 is 10.6. The van der Waals surface area contributed by atoms with E-state index in [9.17, 15) is 4.79 Å². The molecule has 0 unspecified atom stereocenters. The Morgan fingerprint density at radius 3 is 2.25 bits per heavy atom. The Morgan fingerprint density at radius 1 is 1.10 bits per heavy atom. The van der Waals surface area contributed by atoms with E-state index in [1.54, 1.807) is 0 Å². The van der Waals surface area contributed by atoms with Gasteiger partial charge in [0.05, 0.1) is 26.4 Å².